The first kappa shape index (κ1) is 39.0. The Morgan fingerprint density at radius 2 is 1.23 bits per heavy atom. The first-order chi connectivity index (χ1) is 24.5. The molecule has 2 amide bonds. The van der Waals surface area contributed by atoms with Gasteiger partial charge < -0.3 is 21.7 Å². The maximum Gasteiger partial charge on any atom is 0.295 e. The Morgan fingerprint density at radius 1 is 0.788 bits per heavy atom. The largest absolute Gasteiger partial charge is 0.493 e. The van der Waals surface area contributed by atoms with Crippen LogP contribution in [-0.2, 0) is 32.6 Å². The van der Waals surface area contributed by atoms with Gasteiger partial charge in [-0.2, -0.15) is 18.6 Å². The average Bonchev–Trinajstić information content (AvgIpc) is 3.07. The number of pyridine rings is 2. The molecule has 0 fully saturated rings. The van der Waals surface area contributed by atoms with Gasteiger partial charge >= 0.3 is 0 Å². The van der Waals surface area contributed by atoms with Crippen molar-refractivity contribution in [3.8, 4) is 22.9 Å². The number of nitrogens with zero attached hydrogens (tertiary/aromatic N) is 6. The SMILES string of the molecule is CCn1c(O)c(N=Nc2ccc(-c3ccc(N=Nc4c(C)c(C(N)=O)c(=O)n(CC)c4O)cc3S(=O)(=O)O)c(SOOO)c2)c(C)c(C(N)=O)c1=O. The van der Waals surface area contributed by atoms with Crippen LogP contribution < -0.4 is 22.6 Å². The van der Waals surface area contributed by atoms with E-state index in [4.69, 9.17) is 16.7 Å². The fraction of sp³-hybridized carbons (Fsp3) is 0.200. The van der Waals surface area contributed by atoms with E-state index in [9.17, 15) is 42.4 Å². The third-order valence-electron chi connectivity index (χ3n) is 7.62. The van der Waals surface area contributed by atoms with Crippen molar-refractivity contribution in [2.45, 2.75) is 50.6 Å². The number of hydrogen-bond acceptors (Lipinski definition) is 16. The number of azo groups is 2. The maximum atomic E-state index is 12.6. The van der Waals surface area contributed by atoms with E-state index in [-0.39, 0.29) is 63.0 Å². The first-order valence-corrected chi connectivity index (χ1v) is 16.9. The summed E-state index contributed by atoms with van der Waals surface area (Å²) in [7, 11) is -4.99. The fourth-order valence-electron chi connectivity index (χ4n) is 5.16. The second-order valence-electron chi connectivity index (χ2n) is 10.6. The molecule has 0 saturated heterocycles. The highest BCUT2D eigenvalue weighted by Crippen LogP contribution is 2.41. The summed E-state index contributed by atoms with van der Waals surface area (Å²) in [6, 6.07) is 7.48. The first-order valence-electron chi connectivity index (χ1n) is 14.7. The summed E-state index contributed by atoms with van der Waals surface area (Å²) in [4.78, 5) is 48.5. The van der Waals surface area contributed by atoms with E-state index in [1.54, 1.807) is 6.92 Å². The molecule has 52 heavy (non-hydrogen) atoms. The van der Waals surface area contributed by atoms with Crippen LogP contribution in [0.1, 0.15) is 45.7 Å². The summed E-state index contributed by atoms with van der Waals surface area (Å²) >= 11 is 0.399. The second kappa shape index (κ2) is 15.6. The summed E-state index contributed by atoms with van der Waals surface area (Å²) in [5.41, 5.74) is 7.49. The van der Waals surface area contributed by atoms with Gasteiger partial charge in [0.2, 0.25) is 11.8 Å². The summed E-state index contributed by atoms with van der Waals surface area (Å²) in [6.07, 6.45) is 0. The second-order valence-corrected chi connectivity index (χ2v) is 12.8. The monoisotopic (exact) mass is 758 g/mol. The number of nitrogens with two attached hydrogens (primary N) is 2. The summed E-state index contributed by atoms with van der Waals surface area (Å²) in [5, 5.41) is 49.8. The molecule has 0 unspecified atom stereocenters. The topological polar surface area (TPSA) is 313 Å². The predicted octanol–water partition coefficient (Wildman–Crippen LogP) is 4.45. The molecule has 274 valence electrons. The molecule has 0 spiro atoms. The van der Waals surface area contributed by atoms with Crippen molar-refractivity contribution >= 4 is 56.7 Å². The van der Waals surface area contributed by atoms with Crippen molar-refractivity contribution in [2.24, 2.45) is 31.9 Å². The molecule has 4 aromatic rings. The number of aromatic nitrogens is 2. The number of carbonyl (C=O) groups is 2. The Labute approximate surface area is 297 Å². The normalized spacial score (nSPS) is 11.9. The minimum atomic E-state index is -4.99. The van der Waals surface area contributed by atoms with Gasteiger partial charge in [-0.15, -0.1) is 14.6 Å². The molecule has 0 saturated carbocycles. The Kier molecular flexibility index (Phi) is 11.7. The van der Waals surface area contributed by atoms with E-state index in [2.05, 4.69) is 29.8 Å². The molecule has 22 heteroatoms. The van der Waals surface area contributed by atoms with Crippen LogP contribution in [0.5, 0.6) is 11.8 Å². The van der Waals surface area contributed by atoms with Gasteiger partial charge in [-0.05, 0) is 57.5 Å². The van der Waals surface area contributed by atoms with E-state index in [0.717, 1.165) is 15.2 Å². The highest BCUT2D eigenvalue weighted by atomic mass is 32.2. The van der Waals surface area contributed by atoms with Crippen LogP contribution in [0.3, 0.4) is 0 Å². The van der Waals surface area contributed by atoms with Gasteiger partial charge in [-0.3, -0.25) is 32.9 Å². The zero-order valence-corrected chi connectivity index (χ0v) is 29.2. The Bertz CT molecular complexity index is 2410. The number of carbonyl (C=O) groups excluding carboxylic acids is 2. The molecule has 0 bridgehead atoms. The number of benzene rings is 2. The van der Waals surface area contributed by atoms with Gasteiger partial charge in [0.05, 0.1) is 23.4 Å². The van der Waals surface area contributed by atoms with Gasteiger partial charge in [-0.1, -0.05) is 17.2 Å². The number of hydrogen-bond donors (Lipinski definition) is 6. The number of primary amides is 2. The smallest absolute Gasteiger partial charge is 0.295 e. The third-order valence-corrected chi connectivity index (χ3v) is 9.16. The van der Waals surface area contributed by atoms with Crippen molar-refractivity contribution < 1.29 is 47.4 Å². The van der Waals surface area contributed by atoms with E-state index in [0.29, 0.717) is 12.0 Å². The Hall–Kier alpha value is -5.78. The molecule has 0 aliphatic heterocycles. The number of amides is 2. The van der Waals surface area contributed by atoms with Gasteiger partial charge in [0.1, 0.15) is 27.4 Å². The maximum absolute atomic E-state index is 12.6. The molecule has 4 rings (SSSR count). The van der Waals surface area contributed by atoms with Gasteiger partial charge in [0.15, 0.2) is 0 Å². The average molecular weight is 759 g/mol. The third kappa shape index (κ3) is 7.60. The lowest BCUT2D eigenvalue weighted by molar-refractivity contribution is -0.432. The zero-order chi connectivity index (χ0) is 38.7. The highest BCUT2D eigenvalue weighted by molar-refractivity contribution is 7.94. The van der Waals surface area contributed by atoms with Crippen LogP contribution in [0.25, 0.3) is 11.1 Å². The molecule has 0 radical (unpaired) electrons. The minimum Gasteiger partial charge on any atom is -0.493 e. The molecule has 2 aromatic heterocycles. The van der Waals surface area contributed by atoms with E-state index < -0.39 is 60.8 Å². The summed E-state index contributed by atoms with van der Waals surface area (Å²) in [5.74, 6) is -3.31. The molecule has 8 N–H and O–H groups in total. The van der Waals surface area contributed by atoms with Gasteiger partial charge in [0, 0.05) is 34.7 Å². The zero-order valence-electron chi connectivity index (χ0n) is 27.6. The lowest BCUT2D eigenvalue weighted by Gasteiger charge is -2.14. The molecule has 2 aromatic carbocycles. The van der Waals surface area contributed by atoms with E-state index in [1.807, 2.05) is 0 Å². The fourth-order valence-corrected chi connectivity index (χ4v) is 6.42. The molecular formula is C30H30N8O12S2. The molecule has 0 atom stereocenters. The van der Waals surface area contributed by atoms with Crippen molar-refractivity contribution in [1.29, 1.82) is 0 Å². The van der Waals surface area contributed by atoms with E-state index >= 15 is 0 Å². The van der Waals surface area contributed by atoms with Gasteiger partial charge in [-0.25, -0.2) is 5.26 Å². The Morgan fingerprint density at radius 3 is 1.63 bits per heavy atom. The lowest BCUT2D eigenvalue weighted by Crippen LogP contribution is -2.30. The molecule has 2 heterocycles. The number of rotatable bonds is 13. The van der Waals surface area contributed by atoms with Crippen LogP contribution >= 0.6 is 12.0 Å². The van der Waals surface area contributed by atoms with Crippen LogP contribution in [0.4, 0.5) is 22.7 Å². The van der Waals surface area contributed by atoms with Gasteiger partial charge in [0.25, 0.3) is 33.1 Å². The van der Waals surface area contributed by atoms with Crippen molar-refractivity contribution in [2.75, 3.05) is 0 Å². The lowest BCUT2D eigenvalue weighted by atomic mass is 10.0. The van der Waals surface area contributed by atoms with E-state index in [1.165, 1.54) is 51.1 Å². The van der Waals surface area contributed by atoms with Crippen molar-refractivity contribution in [3.05, 3.63) is 79.4 Å². The predicted molar refractivity (Wildman–Crippen MR) is 183 cm³/mol. The number of aromatic hydroxyl groups is 2. The standard InChI is InChI=1S/C30H30N8O12S2/c1-5-37-27(41)21(25(31)39)13(3)23(29(37)43)35-33-15-7-9-17(19(11-15)51-50-49-45)18-10-8-16(12-20(18)52(46,47)48)34-36-24-14(4)22(26(32)40)28(42)38(6-2)30(24)44/h7-12,43-45H,5-6H2,1-4H3,(H2,31,39)(H2,32,40)(H,46,47,48). The molecule has 20 nitrogen and oxygen atoms in total. The van der Waals surface area contributed by atoms with Crippen LogP contribution in [-0.4, -0.2) is 49.4 Å². The molecular weight excluding hydrogens is 729 g/mol. The Balaban J connectivity index is 1.84. The molecule has 0 aliphatic carbocycles. The highest BCUT2D eigenvalue weighted by Gasteiger charge is 2.24. The van der Waals surface area contributed by atoms with Crippen molar-refractivity contribution in [1.82, 2.24) is 9.13 Å². The quantitative estimate of drug-likeness (QED) is 0.0361. The van der Waals surface area contributed by atoms with Crippen LogP contribution in [0.15, 0.2) is 76.2 Å². The van der Waals surface area contributed by atoms with Crippen LogP contribution in [0.2, 0.25) is 0 Å². The minimum absolute atomic E-state index is 0.0241. The van der Waals surface area contributed by atoms with Crippen molar-refractivity contribution in [3.63, 3.8) is 0 Å². The van der Waals surface area contributed by atoms with Crippen LogP contribution in [0, 0.1) is 13.8 Å². The summed E-state index contributed by atoms with van der Waals surface area (Å²) < 4.78 is 41.7. The molecule has 0 aliphatic rings. The summed E-state index contributed by atoms with van der Waals surface area (Å²) in [6.45, 7) is 5.66.